The van der Waals surface area contributed by atoms with Gasteiger partial charge in [0.05, 0.1) is 17.5 Å². The number of hydrogen-bond donors (Lipinski definition) is 1. The van der Waals surface area contributed by atoms with Gasteiger partial charge in [-0.1, -0.05) is 36.7 Å². The van der Waals surface area contributed by atoms with Crippen LogP contribution in [0.4, 0.5) is 5.69 Å². The Morgan fingerprint density at radius 1 is 1.10 bits per heavy atom. The van der Waals surface area contributed by atoms with Gasteiger partial charge in [-0.2, -0.15) is 0 Å². The van der Waals surface area contributed by atoms with E-state index in [9.17, 15) is 13.2 Å². The van der Waals surface area contributed by atoms with Crippen LogP contribution in [0.15, 0.2) is 54.7 Å². The Morgan fingerprint density at radius 3 is 2.29 bits per heavy atom. The number of ether oxygens (including phenoxy) is 1. The molecule has 0 aliphatic rings. The lowest BCUT2D eigenvalue weighted by atomic mass is 9.86. The second kappa shape index (κ2) is 8.20. The number of carbonyl (C=O) groups excluding carboxylic acids is 1. The maximum absolute atomic E-state index is 13.7. The van der Waals surface area contributed by atoms with E-state index in [1.807, 2.05) is 50.5 Å². The van der Waals surface area contributed by atoms with Crippen molar-refractivity contribution in [2.75, 3.05) is 11.0 Å². The van der Waals surface area contributed by atoms with E-state index in [2.05, 4.69) is 4.72 Å². The van der Waals surface area contributed by atoms with Crippen LogP contribution in [0.25, 0.3) is 10.9 Å². The minimum Gasteiger partial charge on any atom is -0.458 e. The zero-order valence-corrected chi connectivity index (χ0v) is 19.8. The summed E-state index contributed by atoms with van der Waals surface area (Å²) in [7, 11) is -3.46. The van der Waals surface area contributed by atoms with E-state index in [0.29, 0.717) is 28.0 Å². The first-order valence-corrected chi connectivity index (χ1v) is 12.2. The lowest BCUT2D eigenvalue weighted by molar-refractivity contribution is -0.163. The van der Waals surface area contributed by atoms with Gasteiger partial charge in [0.15, 0.2) is 5.54 Å². The molecule has 0 spiro atoms. The summed E-state index contributed by atoms with van der Waals surface area (Å²) in [5.41, 5.74) is 0.0344. The number of nitrogens with zero attached hydrogens (tertiary/aromatic N) is 1. The van der Waals surface area contributed by atoms with Crippen molar-refractivity contribution in [3.63, 3.8) is 0 Å². The van der Waals surface area contributed by atoms with Crippen molar-refractivity contribution in [2.24, 2.45) is 0 Å². The van der Waals surface area contributed by atoms with Crippen LogP contribution in [-0.2, 0) is 25.1 Å². The van der Waals surface area contributed by atoms with Gasteiger partial charge in [-0.05, 0) is 63.1 Å². The first-order valence-electron chi connectivity index (χ1n) is 9.95. The Labute approximate surface area is 188 Å². The summed E-state index contributed by atoms with van der Waals surface area (Å²) >= 11 is 6.11. The molecule has 6 nitrogen and oxygen atoms in total. The van der Waals surface area contributed by atoms with Crippen molar-refractivity contribution >= 4 is 44.2 Å². The topological polar surface area (TPSA) is 77.4 Å². The van der Waals surface area contributed by atoms with E-state index in [-0.39, 0.29) is 0 Å². The number of anilines is 1. The number of rotatable bonds is 6. The molecule has 0 aliphatic heterocycles. The minimum absolute atomic E-state index is 0.399. The number of fused-ring (bicyclic) bond motifs is 1. The van der Waals surface area contributed by atoms with Gasteiger partial charge in [-0.25, -0.2) is 13.2 Å². The molecule has 0 fully saturated rings. The van der Waals surface area contributed by atoms with Crippen molar-refractivity contribution in [3.05, 3.63) is 65.3 Å². The zero-order chi connectivity index (χ0) is 23.0. The molecule has 1 N–H and O–H groups in total. The highest BCUT2D eigenvalue weighted by Gasteiger charge is 2.44. The van der Waals surface area contributed by atoms with E-state index in [4.69, 9.17) is 16.3 Å². The van der Waals surface area contributed by atoms with Crippen LogP contribution in [-0.4, -0.2) is 30.8 Å². The number of sulfonamides is 1. The van der Waals surface area contributed by atoms with Gasteiger partial charge in [0.25, 0.3) is 0 Å². The van der Waals surface area contributed by atoms with Gasteiger partial charge >= 0.3 is 5.97 Å². The molecule has 166 valence electrons. The Bertz CT molecular complexity index is 1210. The highest BCUT2D eigenvalue weighted by molar-refractivity contribution is 7.92. The predicted octanol–water partition coefficient (Wildman–Crippen LogP) is 5.16. The molecule has 8 heteroatoms. The summed E-state index contributed by atoms with van der Waals surface area (Å²) in [6.07, 6.45) is 3.31. The Hall–Kier alpha value is -2.51. The van der Waals surface area contributed by atoms with Crippen LogP contribution in [0, 0.1) is 0 Å². The minimum atomic E-state index is -3.46. The molecule has 0 bridgehead atoms. The summed E-state index contributed by atoms with van der Waals surface area (Å²) < 4.78 is 33.9. The third kappa shape index (κ3) is 4.72. The van der Waals surface area contributed by atoms with Crippen LogP contribution >= 0.6 is 11.6 Å². The van der Waals surface area contributed by atoms with Crippen LogP contribution in [0.3, 0.4) is 0 Å². The zero-order valence-electron chi connectivity index (χ0n) is 18.3. The van der Waals surface area contributed by atoms with Crippen molar-refractivity contribution in [1.82, 2.24) is 4.57 Å². The van der Waals surface area contributed by atoms with E-state index in [1.165, 1.54) is 0 Å². The molecule has 0 saturated heterocycles. The highest BCUT2D eigenvalue weighted by Crippen LogP contribution is 2.38. The molecule has 0 radical (unpaired) electrons. The molecular formula is C23H27ClN2O4S. The average molecular weight is 463 g/mol. The van der Waals surface area contributed by atoms with Crippen molar-refractivity contribution in [2.45, 2.75) is 45.3 Å². The number of carbonyl (C=O) groups is 1. The fourth-order valence-electron chi connectivity index (χ4n) is 3.75. The molecular weight excluding hydrogens is 436 g/mol. The average Bonchev–Trinajstić information content (AvgIpc) is 3.07. The van der Waals surface area contributed by atoms with Gasteiger partial charge in [0.1, 0.15) is 5.60 Å². The van der Waals surface area contributed by atoms with Gasteiger partial charge in [0, 0.05) is 16.6 Å². The van der Waals surface area contributed by atoms with E-state index >= 15 is 0 Å². The van der Waals surface area contributed by atoms with Crippen molar-refractivity contribution in [1.29, 1.82) is 0 Å². The summed E-state index contributed by atoms with van der Waals surface area (Å²) in [5.74, 6) is -0.399. The van der Waals surface area contributed by atoms with E-state index in [1.54, 1.807) is 36.5 Å². The summed E-state index contributed by atoms with van der Waals surface area (Å²) in [5, 5.41) is 1.25. The number of aromatic nitrogens is 1. The second-order valence-corrected chi connectivity index (χ2v) is 10.7. The lowest BCUT2D eigenvalue weighted by Crippen LogP contribution is -2.46. The second-order valence-electron chi connectivity index (χ2n) is 8.52. The smallest absolute Gasteiger partial charge is 0.337 e. The number of esters is 1. The number of hydrogen-bond acceptors (Lipinski definition) is 4. The fourth-order valence-corrected chi connectivity index (χ4v) is 4.45. The number of benzene rings is 2. The molecule has 3 rings (SSSR count). The first kappa shape index (κ1) is 23.2. The maximum Gasteiger partial charge on any atom is 0.337 e. The monoisotopic (exact) mass is 462 g/mol. The van der Waals surface area contributed by atoms with Crippen LogP contribution in [0.1, 0.15) is 39.7 Å². The largest absolute Gasteiger partial charge is 0.458 e. The lowest BCUT2D eigenvalue weighted by Gasteiger charge is -2.36. The third-order valence-electron chi connectivity index (χ3n) is 5.01. The van der Waals surface area contributed by atoms with Crippen LogP contribution < -0.4 is 4.72 Å². The van der Waals surface area contributed by atoms with Crippen molar-refractivity contribution in [3.8, 4) is 0 Å². The normalized spacial score (nSPS) is 14.3. The SMILES string of the molecule is CCC(C(=O)OC(C)(C)C)(c1ccc(Cl)cc1)n1ccc2c(NS(C)(=O)=O)cccc21. The first-order chi connectivity index (χ1) is 14.4. The standard InChI is InChI=1S/C23H27ClN2O4S/c1-6-23(21(27)30-22(2,3)4,16-10-12-17(24)13-11-16)26-15-14-18-19(25-31(5,28)29)8-7-9-20(18)26/h7-15,25H,6H2,1-5H3. The van der Waals surface area contributed by atoms with Gasteiger partial charge in [-0.3, -0.25) is 4.72 Å². The highest BCUT2D eigenvalue weighted by atomic mass is 35.5. The van der Waals surface area contributed by atoms with E-state index < -0.39 is 27.1 Å². The molecule has 1 atom stereocenters. The Morgan fingerprint density at radius 2 is 1.74 bits per heavy atom. The van der Waals surface area contributed by atoms with Crippen molar-refractivity contribution < 1.29 is 17.9 Å². The van der Waals surface area contributed by atoms with Gasteiger partial charge in [-0.15, -0.1) is 0 Å². The Kier molecular flexibility index (Phi) is 6.13. The molecule has 0 aliphatic carbocycles. The molecule has 1 heterocycles. The number of halogens is 1. The molecule has 0 saturated carbocycles. The van der Waals surface area contributed by atoms with E-state index in [0.717, 1.165) is 11.8 Å². The quantitative estimate of drug-likeness (QED) is 0.513. The molecule has 2 aromatic carbocycles. The summed E-state index contributed by atoms with van der Waals surface area (Å²) in [4.78, 5) is 13.7. The van der Waals surface area contributed by atoms with Gasteiger partial charge in [0.2, 0.25) is 10.0 Å². The number of nitrogens with one attached hydrogen (secondary N) is 1. The van der Waals surface area contributed by atoms with Crippen LogP contribution in [0.2, 0.25) is 5.02 Å². The Balaban J connectivity index is 2.29. The van der Waals surface area contributed by atoms with Gasteiger partial charge < -0.3 is 9.30 Å². The molecule has 1 aromatic heterocycles. The maximum atomic E-state index is 13.7. The summed E-state index contributed by atoms with van der Waals surface area (Å²) in [6, 6.07) is 14.2. The van der Waals surface area contributed by atoms with Crippen LogP contribution in [0.5, 0.6) is 0 Å². The molecule has 1 unspecified atom stereocenters. The molecule has 3 aromatic rings. The molecule has 31 heavy (non-hydrogen) atoms. The fraction of sp³-hybridized carbons (Fsp3) is 0.348. The molecule has 0 amide bonds. The summed E-state index contributed by atoms with van der Waals surface area (Å²) in [6.45, 7) is 7.40. The predicted molar refractivity (Wildman–Crippen MR) is 125 cm³/mol. The third-order valence-corrected chi connectivity index (χ3v) is 5.85.